The summed E-state index contributed by atoms with van der Waals surface area (Å²) in [6.07, 6.45) is 17.8. The van der Waals surface area contributed by atoms with Crippen LogP contribution in [0.3, 0.4) is 0 Å². The van der Waals surface area contributed by atoms with E-state index in [2.05, 4.69) is 6.92 Å². The Balaban J connectivity index is 2.25. The van der Waals surface area contributed by atoms with Crippen LogP contribution in [-0.2, 0) is 17.7 Å². The normalized spacial score (nSPS) is 19.1. The SMILES string of the molecule is CCCCCCCCC1=CC[C]([Zr]([F])([F])([F])([C]2=CC=CC2)=[Si](C)CCCC)=C1. The molecule has 0 nitrogen and oxygen atoms in total. The average Bonchev–Trinajstić information content (AvgIpc) is 3.35. The summed E-state index contributed by atoms with van der Waals surface area (Å²) in [5.41, 5.74) is -1.48. The van der Waals surface area contributed by atoms with Gasteiger partial charge >= 0.3 is 171 Å². The van der Waals surface area contributed by atoms with Crippen molar-refractivity contribution < 1.29 is 25.6 Å². The molecule has 0 saturated heterocycles. The zero-order valence-electron chi connectivity index (χ0n) is 18.0. The third-order valence-corrected chi connectivity index (χ3v) is 37.2. The molecule has 5 heteroatoms. The van der Waals surface area contributed by atoms with Crippen LogP contribution in [0.4, 0.5) is 7.88 Å². The van der Waals surface area contributed by atoms with Gasteiger partial charge in [-0.05, 0) is 0 Å². The Bertz CT molecular complexity index is 779. The Kier molecular flexibility index (Phi) is 8.04. The van der Waals surface area contributed by atoms with Crippen molar-refractivity contribution in [1.29, 1.82) is 0 Å². The Morgan fingerprint density at radius 2 is 1.57 bits per heavy atom. The van der Waals surface area contributed by atoms with Gasteiger partial charge in [-0.1, -0.05) is 0 Å². The van der Waals surface area contributed by atoms with Crippen LogP contribution < -0.4 is 0 Å². The third-order valence-electron chi connectivity index (χ3n) is 6.72. The van der Waals surface area contributed by atoms with Gasteiger partial charge in [0.15, 0.2) is 0 Å². The molecular formula is C23H38F3SiZr. The van der Waals surface area contributed by atoms with E-state index < -0.39 is 23.2 Å². The number of hydrogen-bond acceptors (Lipinski definition) is 0. The van der Waals surface area contributed by atoms with Crippen LogP contribution in [0, 0.1) is 0 Å². The van der Waals surface area contributed by atoms with E-state index in [0.717, 1.165) is 31.3 Å². The summed E-state index contributed by atoms with van der Waals surface area (Å²) < 4.78 is 49.8. The number of allylic oxidation sites excluding steroid dienone is 8. The summed E-state index contributed by atoms with van der Waals surface area (Å²) in [4.78, 5) is 0. The molecule has 28 heavy (non-hydrogen) atoms. The van der Waals surface area contributed by atoms with E-state index >= 15 is 7.88 Å². The predicted molar refractivity (Wildman–Crippen MR) is 115 cm³/mol. The molecule has 0 unspecified atom stereocenters. The first-order chi connectivity index (χ1) is 13.2. The van der Waals surface area contributed by atoms with Crippen LogP contribution in [0.2, 0.25) is 12.6 Å². The van der Waals surface area contributed by atoms with Crippen molar-refractivity contribution in [3.63, 3.8) is 0 Å². The zero-order chi connectivity index (χ0) is 20.7. The maximum atomic E-state index is 16.7. The molecule has 0 aromatic carbocycles. The van der Waals surface area contributed by atoms with Gasteiger partial charge in [-0.15, -0.1) is 0 Å². The van der Waals surface area contributed by atoms with Crippen molar-refractivity contribution in [1.82, 2.24) is 0 Å². The van der Waals surface area contributed by atoms with Gasteiger partial charge in [0.25, 0.3) is 0 Å². The fraction of sp³-hybridized carbons (Fsp3) is 0.652. The van der Waals surface area contributed by atoms with Crippen LogP contribution in [0.15, 0.2) is 42.5 Å². The molecule has 2 rings (SSSR count). The van der Waals surface area contributed by atoms with E-state index in [1.165, 1.54) is 31.8 Å². The molecule has 2 aliphatic rings. The second-order valence-corrected chi connectivity index (χ2v) is 33.7. The van der Waals surface area contributed by atoms with E-state index in [9.17, 15) is 0 Å². The van der Waals surface area contributed by atoms with Crippen LogP contribution >= 0.6 is 0 Å². The van der Waals surface area contributed by atoms with Crippen molar-refractivity contribution in [2.24, 2.45) is 0 Å². The van der Waals surface area contributed by atoms with Crippen molar-refractivity contribution >= 4 is 5.43 Å². The fourth-order valence-corrected chi connectivity index (χ4v) is 28.5. The first kappa shape index (κ1) is 24.1. The average molecular weight is 491 g/mol. The fourth-order valence-electron chi connectivity index (χ4n) is 4.54. The van der Waals surface area contributed by atoms with Crippen molar-refractivity contribution in [3.8, 4) is 0 Å². The van der Waals surface area contributed by atoms with E-state index in [1.807, 2.05) is 13.0 Å². The van der Waals surface area contributed by atoms with E-state index in [-0.39, 0.29) is 19.4 Å². The minimum atomic E-state index is -8.13. The topological polar surface area (TPSA) is 0 Å². The molecule has 0 spiro atoms. The van der Waals surface area contributed by atoms with Crippen molar-refractivity contribution in [2.75, 3.05) is 0 Å². The minimum absolute atomic E-state index is 0.0963. The summed E-state index contributed by atoms with van der Waals surface area (Å²) in [5, 5.41) is 0. The van der Waals surface area contributed by atoms with Gasteiger partial charge in [0.2, 0.25) is 0 Å². The van der Waals surface area contributed by atoms with Crippen molar-refractivity contribution in [2.45, 2.75) is 97.1 Å². The molecule has 0 amide bonds. The molecule has 159 valence electrons. The second kappa shape index (κ2) is 9.33. The van der Waals surface area contributed by atoms with Crippen LogP contribution in [0.5, 0.6) is 0 Å². The van der Waals surface area contributed by atoms with Gasteiger partial charge in [0, 0.05) is 0 Å². The number of unbranched alkanes of at least 4 members (excludes halogenated alkanes) is 6. The van der Waals surface area contributed by atoms with Crippen molar-refractivity contribution in [3.05, 3.63) is 42.5 Å². The number of halogens is 3. The molecule has 0 saturated carbocycles. The molecule has 0 aliphatic heterocycles. The Morgan fingerprint density at radius 1 is 0.893 bits per heavy atom. The predicted octanol–water partition coefficient (Wildman–Crippen LogP) is 9.10. The standard InChI is InChI=1S/C13H21.C5H12Si.C5H5.3FH.Zr/c1-2-3-4-5-6-7-10-13-11-8-9-12-13;1-3-4-5-6-2;1-2-4-5-3-1;;;;/h11-12H,2-8,10H2,1H3;3-5H2,1-2H3;1-3H,4H2;3*1H;/q;;;;;;+3/p-3. The van der Waals surface area contributed by atoms with Gasteiger partial charge in [-0.3, -0.25) is 0 Å². The molecule has 0 atom stereocenters. The Hall–Kier alpha value is -0.150. The summed E-state index contributed by atoms with van der Waals surface area (Å²) >= 11 is -8.13. The van der Waals surface area contributed by atoms with Crippen LogP contribution in [-0.4, -0.2) is 5.43 Å². The summed E-state index contributed by atoms with van der Waals surface area (Å²) in [7, 11) is 0. The first-order valence-electron chi connectivity index (χ1n) is 11.3. The number of hydrogen-bond donors (Lipinski definition) is 0. The summed E-state index contributed by atoms with van der Waals surface area (Å²) in [6.45, 7) is 5.76. The van der Waals surface area contributed by atoms with Gasteiger partial charge in [0.05, 0.1) is 0 Å². The van der Waals surface area contributed by atoms with Gasteiger partial charge in [0.1, 0.15) is 0 Å². The molecule has 0 aromatic rings. The molecule has 0 aromatic heterocycles. The van der Waals surface area contributed by atoms with Gasteiger partial charge in [-0.25, -0.2) is 0 Å². The molecule has 0 fully saturated rings. The third kappa shape index (κ3) is 4.77. The van der Waals surface area contributed by atoms with E-state index in [1.54, 1.807) is 24.8 Å². The molecular weight excluding hydrogens is 453 g/mol. The maximum absolute atomic E-state index is 16.7. The number of rotatable bonds is 12. The first-order valence-corrected chi connectivity index (χ1v) is 22.4. The zero-order valence-corrected chi connectivity index (χ0v) is 21.5. The monoisotopic (exact) mass is 489 g/mol. The molecule has 2 aliphatic carbocycles. The molecule has 0 bridgehead atoms. The molecule has 0 heterocycles. The summed E-state index contributed by atoms with van der Waals surface area (Å²) in [6, 6.07) is 0.365. The van der Waals surface area contributed by atoms with E-state index in [4.69, 9.17) is 0 Å². The second-order valence-electron chi connectivity index (χ2n) is 8.82. The Labute approximate surface area is 170 Å². The van der Waals surface area contributed by atoms with E-state index in [0.29, 0.717) is 12.5 Å². The Morgan fingerprint density at radius 3 is 2.21 bits per heavy atom. The van der Waals surface area contributed by atoms with Crippen LogP contribution in [0.25, 0.3) is 0 Å². The molecule has 0 radical (unpaired) electrons. The molecule has 0 N–H and O–H groups in total. The van der Waals surface area contributed by atoms with Crippen LogP contribution in [0.1, 0.15) is 84.5 Å². The van der Waals surface area contributed by atoms with Gasteiger partial charge < -0.3 is 0 Å². The summed E-state index contributed by atoms with van der Waals surface area (Å²) in [5.74, 6) is 0. The quantitative estimate of drug-likeness (QED) is 0.189. The van der Waals surface area contributed by atoms with Gasteiger partial charge in [-0.2, -0.15) is 0 Å².